The van der Waals surface area contributed by atoms with Crippen molar-refractivity contribution in [3.8, 4) is 11.5 Å². The quantitative estimate of drug-likeness (QED) is 0.327. The van der Waals surface area contributed by atoms with Crippen molar-refractivity contribution in [2.24, 2.45) is 0 Å². The zero-order chi connectivity index (χ0) is 9.35. The first-order chi connectivity index (χ1) is 5.41. The number of hydrogen-bond donors (Lipinski definition) is 3. The molecule has 0 aliphatic rings. The van der Waals surface area contributed by atoms with Crippen molar-refractivity contribution in [1.29, 1.82) is 0 Å². The summed E-state index contributed by atoms with van der Waals surface area (Å²) in [5.74, 6) is -0.948. The summed E-state index contributed by atoms with van der Waals surface area (Å²) in [5, 5.41) is 17.7. The van der Waals surface area contributed by atoms with E-state index in [1.54, 1.807) is 0 Å². The summed E-state index contributed by atoms with van der Waals surface area (Å²) >= 11 is 0. The Labute approximate surface area is 86.9 Å². The van der Waals surface area contributed by atoms with Gasteiger partial charge in [0.05, 0.1) is 0 Å². The Balaban J connectivity index is 0.00000144. The summed E-state index contributed by atoms with van der Waals surface area (Å²) in [6, 6.07) is 2.83. The average molecular weight is 198 g/mol. The van der Waals surface area contributed by atoms with Crippen LogP contribution in [0.1, 0.15) is 0 Å². The first kappa shape index (κ1) is 12.3. The standard InChI is InChI=1S/C6H6O5S.Li.H/c7-4-1-2-5(8)6(3-4)12(9,10)11;;/h1-3,7-8H,(H,9,10,11);;. The number of aromatic hydroxyl groups is 2. The number of rotatable bonds is 1. The number of hydrogen-bond acceptors (Lipinski definition) is 4. The van der Waals surface area contributed by atoms with E-state index in [2.05, 4.69) is 0 Å². The van der Waals surface area contributed by atoms with E-state index in [0.29, 0.717) is 0 Å². The van der Waals surface area contributed by atoms with Crippen LogP contribution in [0.4, 0.5) is 0 Å². The Hall–Kier alpha value is -0.673. The monoisotopic (exact) mass is 198 g/mol. The molecule has 0 aliphatic heterocycles. The summed E-state index contributed by atoms with van der Waals surface area (Å²) in [6.45, 7) is 0. The van der Waals surface area contributed by atoms with Crippen LogP contribution >= 0.6 is 0 Å². The second-order valence-electron chi connectivity index (χ2n) is 2.13. The van der Waals surface area contributed by atoms with E-state index in [4.69, 9.17) is 14.8 Å². The van der Waals surface area contributed by atoms with Crippen molar-refractivity contribution in [2.75, 3.05) is 0 Å². The molecule has 0 unspecified atom stereocenters. The van der Waals surface area contributed by atoms with E-state index in [1.165, 1.54) is 0 Å². The van der Waals surface area contributed by atoms with Gasteiger partial charge in [-0.25, -0.2) is 0 Å². The van der Waals surface area contributed by atoms with Crippen molar-refractivity contribution >= 4 is 29.0 Å². The van der Waals surface area contributed by atoms with Gasteiger partial charge in [-0.1, -0.05) is 0 Å². The zero-order valence-electron chi connectivity index (χ0n) is 5.80. The third kappa shape index (κ3) is 2.93. The Bertz CT molecular complexity index is 399. The van der Waals surface area contributed by atoms with Crippen LogP contribution < -0.4 is 0 Å². The van der Waals surface area contributed by atoms with Gasteiger partial charge < -0.3 is 10.2 Å². The van der Waals surface area contributed by atoms with Crippen molar-refractivity contribution < 1.29 is 23.2 Å². The fourth-order valence-electron chi connectivity index (χ4n) is 0.709. The molecule has 3 N–H and O–H groups in total. The number of phenols is 2. The molecule has 1 aromatic rings. The molecule has 0 bridgehead atoms. The van der Waals surface area contributed by atoms with Gasteiger partial charge in [-0.2, -0.15) is 8.42 Å². The van der Waals surface area contributed by atoms with Crippen molar-refractivity contribution in [3.05, 3.63) is 18.2 Å². The Morgan fingerprint density at radius 2 is 1.69 bits per heavy atom. The van der Waals surface area contributed by atoms with E-state index < -0.39 is 20.8 Å². The molecule has 1 aromatic carbocycles. The van der Waals surface area contributed by atoms with E-state index in [9.17, 15) is 8.42 Å². The van der Waals surface area contributed by atoms with Gasteiger partial charge in [0.1, 0.15) is 16.4 Å². The van der Waals surface area contributed by atoms with Gasteiger partial charge in [-0.3, -0.25) is 4.55 Å². The summed E-state index contributed by atoms with van der Waals surface area (Å²) in [4.78, 5) is -0.706. The molecule has 0 spiro atoms. The van der Waals surface area contributed by atoms with Crippen LogP contribution in [0.3, 0.4) is 0 Å². The summed E-state index contributed by atoms with van der Waals surface area (Å²) in [5.41, 5.74) is 0. The van der Waals surface area contributed by atoms with E-state index in [0.717, 1.165) is 18.2 Å². The first-order valence-corrected chi connectivity index (χ1v) is 4.35. The van der Waals surface area contributed by atoms with E-state index in [1.807, 2.05) is 0 Å². The molecular formula is C6H7LiO5S. The molecule has 0 radical (unpaired) electrons. The van der Waals surface area contributed by atoms with Crippen LogP contribution in [-0.4, -0.2) is 42.0 Å². The molecule has 1 rings (SSSR count). The minimum absolute atomic E-state index is 0. The summed E-state index contributed by atoms with van der Waals surface area (Å²) < 4.78 is 29.5. The molecule has 0 amide bonds. The van der Waals surface area contributed by atoms with Crippen molar-refractivity contribution in [1.82, 2.24) is 0 Å². The molecule has 0 atom stereocenters. The Morgan fingerprint density at radius 3 is 2.08 bits per heavy atom. The van der Waals surface area contributed by atoms with Crippen molar-refractivity contribution in [3.63, 3.8) is 0 Å². The zero-order valence-corrected chi connectivity index (χ0v) is 6.61. The Morgan fingerprint density at radius 1 is 1.15 bits per heavy atom. The van der Waals surface area contributed by atoms with Gasteiger partial charge in [0.25, 0.3) is 10.1 Å². The van der Waals surface area contributed by atoms with Gasteiger partial charge in [0, 0.05) is 6.07 Å². The van der Waals surface area contributed by atoms with E-state index >= 15 is 0 Å². The maximum atomic E-state index is 10.5. The molecule has 68 valence electrons. The molecule has 0 saturated heterocycles. The molecule has 0 aromatic heterocycles. The van der Waals surface area contributed by atoms with Crippen LogP contribution in [0.5, 0.6) is 11.5 Å². The van der Waals surface area contributed by atoms with Crippen LogP contribution in [0.25, 0.3) is 0 Å². The molecule has 13 heavy (non-hydrogen) atoms. The van der Waals surface area contributed by atoms with Crippen molar-refractivity contribution in [2.45, 2.75) is 4.90 Å². The van der Waals surface area contributed by atoms with Gasteiger partial charge in [-0.05, 0) is 12.1 Å². The van der Waals surface area contributed by atoms with Crippen LogP contribution in [0.2, 0.25) is 0 Å². The minimum atomic E-state index is -4.47. The second kappa shape index (κ2) is 4.02. The SMILES string of the molecule is O=S(=O)(O)c1cc(O)ccc1O.[LiH]. The molecule has 0 heterocycles. The third-order valence-corrected chi connectivity index (χ3v) is 2.10. The maximum absolute atomic E-state index is 10.5. The van der Waals surface area contributed by atoms with Gasteiger partial charge in [0.2, 0.25) is 0 Å². The molecular weight excluding hydrogens is 191 g/mol. The third-order valence-electron chi connectivity index (χ3n) is 1.22. The number of phenolic OH excluding ortho intramolecular Hbond substituents is 2. The summed E-state index contributed by atoms with van der Waals surface area (Å²) in [6.07, 6.45) is 0. The molecule has 0 saturated carbocycles. The van der Waals surface area contributed by atoms with E-state index in [-0.39, 0.29) is 24.6 Å². The topological polar surface area (TPSA) is 94.8 Å². The molecule has 0 fully saturated rings. The van der Waals surface area contributed by atoms with Gasteiger partial charge >= 0.3 is 18.9 Å². The van der Waals surface area contributed by atoms with Gasteiger partial charge in [-0.15, -0.1) is 0 Å². The second-order valence-corrected chi connectivity index (χ2v) is 3.52. The average Bonchev–Trinajstić information content (AvgIpc) is 1.92. The predicted molar refractivity (Wildman–Crippen MR) is 46.7 cm³/mol. The normalized spacial score (nSPS) is 10.5. The Kier molecular flexibility index (Phi) is 3.82. The fraction of sp³-hybridized carbons (Fsp3) is 0. The first-order valence-electron chi connectivity index (χ1n) is 2.91. The van der Waals surface area contributed by atoms with Crippen LogP contribution in [-0.2, 0) is 10.1 Å². The molecule has 5 nitrogen and oxygen atoms in total. The molecule has 7 heteroatoms. The van der Waals surface area contributed by atoms with Crippen LogP contribution in [0, 0.1) is 0 Å². The summed E-state index contributed by atoms with van der Waals surface area (Å²) in [7, 11) is -4.47. The number of benzene rings is 1. The van der Waals surface area contributed by atoms with Crippen LogP contribution in [0.15, 0.2) is 23.1 Å². The van der Waals surface area contributed by atoms with Gasteiger partial charge in [0.15, 0.2) is 0 Å². The molecule has 0 aliphatic carbocycles. The fourth-order valence-corrected chi connectivity index (χ4v) is 1.31. The predicted octanol–water partition coefficient (Wildman–Crippen LogP) is -0.304.